The van der Waals surface area contributed by atoms with Crippen molar-refractivity contribution in [1.29, 1.82) is 0 Å². The highest BCUT2D eigenvalue weighted by atomic mass is 16.6. The molecule has 0 N–H and O–H groups in total. The lowest BCUT2D eigenvalue weighted by Gasteiger charge is -2.30. The largest absolute Gasteiger partial charge is 0.444 e. The van der Waals surface area contributed by atoms with Crippen LogP contribution in [0.1, 0.15) is 26.3 Å². The third-order valence-electron chi connectivity index (χ3n) is 2.84. The van der Waals surface area contributed by atoms with E-state index in [1.54, 1.807) is 17.1 Å². The van der Waals surface area contributed by atoms with Crippen LogP contribution in [0.5, 0.6) is 0 Å². The number of nitrogens with zero attached hydrogens (tertiary/aromatic N) is 1. The Morgan fingerprint density at radius 1 is 1.27 bits per heavy atom. The Morgan fingerprint density at radius 3 is 2.41 bits per heavy atom. The summed E-state index contributed by atoms with van der Waals surface area (Å²) in [5, 5.41) is 0. The molecule has 0 aliphatic carbocycles. The van der Waals surface area contributed by atoms with E-state index in [0.717, 1.165) is 5.56 Å². The van der Waals surface area contributed by atoms with Crippen molar-refractivity contribution in [2.75, 3.05) is 6.54 Å². The summed E-state index contributed by atoms with van der Waals surface area (Å²) in [6.07, 6.45) is 6.90. The Hall–Kier alpha value is -2.29. The zero-order valence-corrected chi connectivity index (χ0v) is 13.7. The summed E-state index contributed by atoms with van der Waals surface area (Å²) in [5.74, 6) is 0. The quantitative estimate of drug-likeness (QED) is 0.714. The summed E-state index contributed by atoms with van der Waals surface area (Å²) >= 11 is 0. The van der Waals surface area contributed by atoms with E-state index in [1.165, 1.54) is 0 Å². The van der Waals surface area contributed by atoms with E-state index in [0.29, 0.717) is 6.54 Å². The van der Waals surface area contributed by atoms with Crippen LogP contribution in [-0.4, -0.2) is 29.2 Å². The zero-order chi connectivity index (χ0) is 16.6. The average Bonchev–Trinajstić information content (AvgIpc) is 2.46. The zero-order valence-electron chi connectivity index (χ0n) is 13.7. The minimum absolute atomic E-state index is 0.256. The molecule has 0 unspecified atom stereocenters. The first-order valence-corrected chi connectivity index (χ1v) is 7.33. The van der Waals surface area contributed by atoms with Crippen molar-refractivity contribution in [1.82, 2.24) is 4.90 Å². The normalized spacial score (nSPS) is 12.7. The molecule has 0 aliphatic rings. The lowest BCUT2D eigenvalue weighted by Crippen LogP contribution is -2.41. The molecular weight excluding hydrogens is 274 g/mol. The van der Waals surface area contributed by atoms with Gasteiger partial charge in [0.1, 0.15) is 5.60 Å². The molecule has 1 amide bonds. The standard InChI is InChI=1S/C19H25NO2/c1-6-15-20(18(21)22-19(3,4)5)17(7-2)14-13-16-11-9-8-10-12-16/h6-14,17H,1-2,15H2,3-5H3/b14-13+/t17-/m0/s1. The summed E-state index contributed by atoms with van der Waals surface area (Å²) in [7, 11) is 0. The van der Waals surface area contributed by atoms with Gasteiger partial charge in [-0.25, -0.2) is 4.79 Å². The summed E-state index contributed by atoms with van der Waals surface area (Å²) < 4.78 is 5.44. The van der Waals surface area contributed by atoms with Crippen LogP contribution < -0.4 is 0 Å². The smallest absolute Gasteiger partial charge is 0.411 e. The molecular formula is C19H25NO2. The topological polar surface area (TPSA) is 29.5 Å². The molecule has 3 heteroatoms. The van der Waals surface area contributed by atoms with E-state index >= 15 is 0 Å². The molecule has 0 saturated heterocycles. The minimum atomic E-state index is -0.536. The highest BCUT2D eigenvalue weighted by Crippen LogP contribution is 2.14. The van der Waals surface area contributed by atoms with Crippen molar-refractivity contribution in [2.24, 2.45) is 0 Å². The first-order valence-electron chi connectivity index (χ1n) is 7.33. The predicted molar refractivity (Wildman–Crippen MR) is 92.6 cm³/mol. The van der Waals surface area contributed by atoms with Crippen LogP contribution in [-0.2, 0) is 4.74 Å². The molecule has 22 heavy (non-hydrogen) atoms. The first kappa shape index (κ1) is 17.8. The second kappa shape index (κ2) is 8.23. The van der Waals surface area contributed by atoms with Gasteiger partial charge in [-0.05, 0) is 26.3 Å². The van der Waals surface area contributed by atoms with Crippen LogP contribution in [0.4, 0.5) is 4.79 Å². The van der Waals surface area contributed by atoms with Crippen LogP contribution in [0.3, 0.4) is 0 Å². The summed E-state index contributed by atoms with van der Waals surface area (Å²) in [5.41, 5.74) is 0.530. The maximum absolute atomic E-state index is 12.3. The van der Waals surface area contributed by atoms with E-state index < -0.39 is 5.60 Å². The summed E-state index contributed by atoms with van der Waals surface area (Å²) in [6.45, 7) is 13.5. The second-order valence-corrected chi connectivity index (χ2v) is 5.92. The molecule has 1 atom stereocenters. The molecule has 0 aromatic heterocycles. The Morgan fingerprint density at radius 2 is 1.91 bits per heavy atom. The van der Waals surface area contributed by atoms with Gasteiger partial charge in [0.05, 0.1) is 6.04 Å². The molecule has 1 aromatic rings. The first-order chi connectivity index (χ1) is 10.4. The monoisotopic (exact) mass is 299 g/mol. The molecule has 0 spiro atoms. The third-order valence-corrected chi connectivity index (χ3v) is 2.84. The van der Waals surface area contributed by atoms with Crippen LogP contribution in [0.2, 0.25) is 0 Å². The molecule has 0 heterocycles. The predicted octanol–water partition coefficient (Wildman–Crippen LogP) is 4.68. The number of ether oxygens (including phenoxy) is 1. The second-order valence-electron chi connectivity index (χ2n) is 5.92. The Kier molecular flexibility index (Phi) is 6.64. The van der Waals surface area contributed by atoms with E-state index in [2.05, 4.69) is 13.2 Å². The van der Waals surface area contributed by atoms with Crippen molar-refractivity contribution in [2.45, 2.75) is 32.4 Å². The number of hydrogen-bond acceptors (Lipinski definition) is 2. The molecule has 0 aliphatic heterocycles. The number of hydrogen-bond donors (Lipinski definition) is 0. The van der Waals surface area contributed by atoms with Crippen molar-refractivity contribution in [3.63, 3.8) is 0 Å². The molecule has 0 fully saturated rings. The molecule has 3 nitrogen and oxygen atoms in total. The van der Waals surface area contributed by atoms with Crippen molar-refractivity contribution in [3.8, 4) is 0 Å². The van der Waals surface area contributed by atoms with Gasteiger partial charge in [-0.2, -0.15) is 0 Å². The van der Waals surface area contributed by atoms with Crippen LogP contribution >= 0.6 is 0 Å². The van der Waals surface area contributed by atoms with E-state index in [9.17, 15) is 4.79 Å². The van der Waals surface area contributed by atoms with Gasteiger partial charge >= 0.3 is 6.09 Å². The maximum atomic E-state index is 12.3. The SMILES string of the molecule is C=CCN(C(=O)OC(C)(C)C)[C@@H](C=C)/C=C/c1ccccc1. The van der Waals surface area contributed by atoms with E-state index in [1.807, 2.05) is 63.3 Å². The van der Waals surface area contributed by atoms with Gasteiger partial charge in [0.2, 0.25) is 0 Å². The molecule has 0 bridgehead atoms. The maximum Gasteiger partial charge on any atom is 0.411 e. The number of amides is 1. The molecule has 1 aromatic carbocycles. The van der Waals surface area contributed by atoms with Gasteiger partial charge in [0.15, 0.2) is 0 Å². The van der Waals surface area contributed by atoms with Crippen LogP contribution in [0.25, 0.3) is 6.08 Å². The lowest BCUT2D eigenvalue weighted by atomic mass is 10.1. The Labute approximate surface area is 133 Å². The highest BCUT2D eigenvalue weighted by Gasteiger charge is 2.24. The van der Waals surface area contributed by atoms with Gasteiger partial charge in [-0.3, -0.25) is 4.90 Å². The lowest BCUT2D eigenvalue weighted by molar-refractivity contribution is 0.0253. The number of benzene rings is 1. The fourth-order valence-corrected chi connectivity index (χ4v) is 1.86. The van der Waals surface area contributed by atoms with Crippen LogP contribution in [0.15, 0.2) is 61.7 Å². The van der Waals surface area contributed by atoms with Gasteiger partial charge in [0, 0.05) is 6.54 Å². The fourth-order valence-electron chi connectivity index (χ4n) is 1.86. The van der Waals surface area contributed by atoms with Crippen molar-refractivity contribution in [3.05, 3.63) is 67.3 Å². The average molecular weight is 299 g/mol. The number of rotatable bonds is 6. The molecule has 118 valence electrons. The minimum Gasteiger partial charge on any atom is -0.444 e. The van der Waals surface area contributed by atoms with E-state index in [4.69, 9.17) is 4.74 Å². The number of carbonyl (C=O) groups excluding carboxylic acids is 1. The fraction of sp³-hybridized carbons (Fsp3) is 0.316. The Bertz CT molecular complexity index is 526. The molecule has 1 rings (SSSR count). The Balaban J connectivity index is 2.90. The van der Waals surface area contributed by atoms with Crippen molar-refractivity contribution >= 4 is 12.2 Å². The van der Waals surface area contributed by atoms with Gasteiger partial charge in [0.25, 0.3) is 0 Å². The van der Waals surface area contributed by atoms with Crippen LogP contribution in [0, 0.1) is 0 Å². The van der Waals surface area contributed by atoms with Gasteiger partial charge in [-0.1, -0.05) is 54.6 Å². The van der Waals surface area contributed by atoms with Crippen molar-refractivity contribution < 1.29 is 9.53 Å². The molecule has 0 saturated carbocycles. The molecule has 0 radical (unpaired) electrons. The highest BCUT2D eigenvalue weighted by molar-refractivity contribution is 5.70. The summed E-state index contributed by atoms with van der Waals surface area (Å²) in [6, 6.07) is 9.65. The summed E-state index contributed by atoms with van der Waals surface area (Å²) in [4.78, 5) is 13.9. The van der Waals surface area contributed by atoms with Gasteiger partial charge < -0.3 is 4.74 Å². The third kappa shape index (κ3) is 6.00. The number of carbonyl (C=O) groups is 1. The van der Waals surface area contributed by atoms with E-state index in [-0.39, 0.29) is 12.1 Å². The van der Waals surface area contributed by atoms with Gasteiger partial charge in [-0.15, -0.1) is 13.2 Å².